The van der Waals surface area contributed by atoms with Crippen molar-refractivity contribution in [2.75, 3.05) is 6.54 Å². The van der Waals surface area contributed by atoms with Gasteiger partial charge in [-0.25, -0.2) is 0 Å². The highest BCUT2D eigenvalue weighted by Crippen LogP contribution is 2.19. The topological polar surface area (TPSA) is 29.9 Å². The van der Waals surface area contributed by atoms with E-state index in [1.165, 1.54) is 0 Å². The van der Waals surface area contributed by atoms with Crippen molar-refractivity contribution in [2.24, 2.45) is 7.05 Å². The van der Waals surface area contributed by atoms with Gasteiger partial charge in [0.15, 0.2) is 0 Å². The van der Waals surface area contributed by atoms with Crippen molar-refractivity contribution in [1.82, 2.24) is 15.1 Å². The maximum absolute atomic E-state index is 5.16. The van der Waals surface area contributed by atoms with E-state index in [9.17, 15) is 0 Å². The highest BCUT2D eigenvalue weighted by Gasteiger charge is 2.08. The normalized spacial score (nSPS) is 10.1. The maximum atomic E-state index is 5.16. The average Bonchev–Trinajstić information content (AvgIpc) is 2.38. The van der Waals surface area contributed by atoms with Gasteiger partial charge in [-0.2, -0.15) is 5.10 Å². The number of aromatic nitrogens is 2. The van der Waals surface area contributed by atoms with E-state index in [0.29, 0.717) is 0 Å². The van der Waals surface area contributed by atoms with Gasteiger partial charge in [0.25, 0.3) is 0 Å². The van der Waals surface area contributed by atoms with Gasteiger partial charge in [-0.3, -0.25) is 4.68 Å². The lowest BCUT2D eigenvalue weighted by atomic mass is 10.3. The molecular weight excluding hydrogens is 242 g/mol. The first-order chi connectivity index (χ1) is 6.66. The number of aryl methyl sites for hydroxylation is 2. The van der Waals surface area contributed by atoms with Crippen molar-refractivity contribution in [3.05, 3.63) is 15.9 Å². The molecule has 0 saturated heterocycles. The lowest BCUT2D eigenvalue weighted by Gasteiger charge is -2.03. The van der Waals surface area contributed by atoms with Crippen LogP contribution in [0.3, 0.4) is 0 Å². The van der Waals surface area contributed by atoms with Gasteiger partial charge in [0.05, 0.1) is 15.9 Å². The Bertz CT molecular complexity index is 349. The minimum atomic E-state index is 0.758. The van der Waals surface area contributed by atoms with Gasteiger partial charge in [-0.15, -0.1) is 12.3 Å². The van der Waals surface area contributed by atoms with Crippen LogP contribution in [0.15, 0.2) is 4.47 Å². The zero-order valence-corrected chi connectivity index (χ0v) is 10.1. The molecule has 0 aliphatic rings. The second-order valence-electron chi connectivity index (χ2n) is 3.10. The Hall–Kier alpha value is -0.790. The Morgan fingerprint density at radius 1 is 1.64 bits per heavy atom. The minimum Gasteiger partial charge on any atom is -0.310 e. The fourth-order valence-electron chi connectivity index (χ4n) is 1.24. The second-order valence-corrected chi connectivity index (χ2v) is 3.89. The van der Waals surface area contributed by atoms with E-state index in [1.807, 2.05) is 18.7 Å². The quantitative estimate of drug-likeness (QED) is 0.655. The molecule has 0 aliphatic heterocycles. The molecule has 0 saturated carbocycles. The number of terminal acetylenes is 1. The summed E-state index contributed by atoms with van der Waals surface area (Å²) >= 11 is 3.51. The van der Waals surface area contributed by atoms with E-state index in [4.69, 9.17) is 6.42 Å². The minimum absolute atomic E-state index is 0.758. The zero-order chi connectivity index (χ0) is 10.6. The van der Waals surface area contributed by atoms with Crippen molar-refractivity contribution in [3.8, 4) is 12.3 Å². The smallest absolute Gasteiger partial charge is 0.0739 e. The third-order valence-electron chi connectivity index (χ3n) is 2.00. The molecule has 76 valence electrons. The molecule has 0 atom stereocenters. The molecule has 1 aromatic rings. The summed E-state index contributed by atoms with van der Waals surface area (Å²) in [4.78, 5) is 0. The van der Waals surface area contributed by atoms with Gasteiger partial charge >= 0.3 is 0 Å². The number of nitrogens with one attached hydrogen (secondary N) is 1. The first kappa shape index (κ1) is 11.3. The zero-order valence-electron chi connectivity index (χ0n) is 8.47. The summed E-state index contributed by atoms with van der Waals surface area (Å²) in [6.07, 6.45) is 5.91. The largest absolute Gasteiger partial charge is 0.310 e. The lowest BCUT2D eigenvalue weighted by Crippen LogP contribution is -2.16. The van der Waals surface area contributed by atoms with E-state index in [0.717, 1.165) is 35.4 Å². The van der Waals surface area contributed by atoms with Crippen LogP contribution in [-0.4, -0.2) is 16.3 Å². The molecule has 0 amide bonds. The van der Waals surface area contributed by atoms with E-state index >= 15 is 0 Å². The Balaban J connectivity index is 2.55. The highest BCUT2D eigenvalue weighted by molar-refractivity contribution is 9.10. The standard InChI is InChI=1S/C10H14BrN3/c1-4-5-6-12-7-9-10(11)8(2)13-14(9)3/h1,12H,5-7H2,2-3H3. The molecule has 0 bridgehead atoms. The van der Waals surface area contributed by atoms with Gasteiger partial charge in [0.1, 0.15) is 0 Å². The van der Waals surface area contributed by atoms with Gasteiger partial charge in [-0.1, -0.05) is 0 Å². The van der Waals surface area contributed by atoms with Crippen LogP contribution in [0, 0.1) is 19.3 Å². The third-order valence-corrected chi connectivity index (χ3v) is 3.03. The summed E-state index contributed by atoms with van der Waals surface area (Å²) in [7, 11) is 1.94. The molecule has 0 spiro atoms. The third kappa shape index (κ3) is 2.60. The van der Waals surface area contributed by atoms with Crippen LogP contribution in [0.4, 0.5) is 0 Å². The van der Waals surface area contributed by atoms with E-state index in [1.54, 1.807) is 0 Å². The van der Waals surface area contributed by atoms with Gasteiger partial charge in [-0.05, 0) is 22.9 Å². The molecule has 0 unspecified atom stereocenters. The van der Waals surface area contributed by atoms with Crippen LogP contribution in [0.2, 0.25) is 0 Å². The number of hydrogen-bond donors (Lipinski definition) is 1. The molecular formula is C10H14BrN3. The monoisotopic (exact) mass is 255 g/mol. The highest BCUT2D eigenvalue weighted by atomic mass is 79.9. The Morgan fingerprint density at radius 3 is 2.86 bits per heavy atom. The molecule has 4 heteroatoms. The van der Waals surface area contributed by atoms with E-state index in [2.05, 4.69) is 32.3 Å². The van der Waals surface area contributed by atoms with Crippen LogP contribution in [0.5, 0.6) is 0 Å². The second kappa shape index (κ2) is 5.18. The fraction of sp³-hybridized carbons (Fsp3) is 0.500. The number of halogens is 1. The Morgan fingerprint density at radius 2 is 2.36 bits per heavy atom. The fourth-order valence-corrected chi connectivity index (χ4v) is 1.72. The molecule has 0 radical (unpaired) electrons. The summed E-state index contributed by atoms with van der Waals surface area (Å²) < 4.78 is 2.95. The summed E-state index contributed by atoms with van der Waals surface area (Å²) in [5, 5.41) is 7.56. The molecule has 1 aromatic heterocycles. The molecule has 1 heterocycles. The molecule has 3 nitrogen and oxygen atoms in total. The summed E-state index contributed by atoms with van der Waals surface area (Å²) in [5.74, 6) is 2.59. The molecule has 1 rings (SSSR count). The van der Waals surface area contributed by atoms with Crippen molar-refractivity contribution < 1.29 is 0 Å². The maximum Gasteiger partial charge on any atom is 0.0739 e. The summed E-state index contributed by atoms with van der Waals surface area (Å²) in [5.41, 5.74) is 2.17. The lowest BCUT2D eigenvalue weighted by molar-refractivity contribution is 0.629. The molecule has 0 aliphatic carbocycles. The van der Waals surface area contributed by atoms with Gasteiger partial charge in [0, 0.05) is 26.6 Å². The molecule has 14 heavy (non-hydrogen) atoms. The molecule has 0 aromatic carbocycles. The molecule has 0 fully saturated rings. The predicted octanol–water partition coefficient (Wildman–Crippen LogP) is 1.60. The van der Waals surface area contributed by atoms with E-state index in [-0.39, 0.29) is 0 Å². The first-order valence-corrected chi connectivity index (χ1v) is 5.28. The van der Waals surface area contributed by atoms with Crippen LogP contribution >= 0.6 is 15.9 Å². The van der Waals surface area contributed by atoms with Gasteiger partial charge < -0.3 is 5.32 Å². The predicted molar refractivity (Wildman–Crippen MR) is 60.8 cm³/mol. The Labute approximate surface area is 93.0 Å². The Kier molecular flexibility index (Phi) is 4.18. The number of hydrogen-bond acceptors (Lipinski definition) is 2. The first-order valence-electron chi connectivity index (χ1n) is 4.49. The van der Waals surface area contributed by atoms with Crippen molar-refractivity contribution in [2.45, 2.75) is 19.9 Å². The summed E-state index contributed by atoms with van der Waals surface area (Å²) in [6.45, 7) is 3.61. The average molecular weight is 256 g/mol. The van der Waals surface area contributed by atoms with Crippen molar-refractivity contribution in [1.29, 1.82) is 0 Å². The van der Waals surface area contributed by atoms with Crippen LogP contribution < -0.4 is 5.32 Å². The van der Waals surface area contributed by atoms with Crippen LogP contribution in [-0.2, 0) is 13.6 Å². The van der Waals surface area contributed by atoms with Crippen LogP contribution in [0.1, 0.15) is 17.8 Å². The number of nitrogens with zero attached hydrogens (tertiary/aromatic N) is 2. The SMILES string of the molecule is C#CCCNCc1c(Br)c(C)nn1C. The number of rotatable bonds is 4. The van der Waals surface area contributed by atoms with Gasteiger partial charge in [0.2, 0.25) is 0 Å². The van der Waals surface area contributed by atoms with Crippen molar-refractivity contribution >= 4 is 15.9 Å². The van der Waals surface area contributed by atoms with E-state index < -0.39 is 0 Å². The van der Waals surface area contributed by atoms with Crippen LogP contribution in [0.25, 0.3) is 0 Å². The summed E-state index contributed by atoms with van der Waals surface area (Å²) in [6, 6.07) is 0. The molecule has 1 N–H and O–H groups in total. The van der Waals surface area contributed by atoms with Crippen molar-refractivity contribution in [3.63, 3.8) is 0 Å².